The Kier molecular flexibility index (Phi) is 5.74. The summed E-state index contributed by atoms with van der Waals surface area (Å²) in [6.07, 6.45) is 1.27. The molecule has 0 aliphatic carbocycles. The first-order valence-electron chi connectivity index (χ1n) is 3.96. The Hall–Kier alpha value is 0.700. The van der Waals surface area contributed by atoms with Gasteiger partial charge in [-0.1, -0.05) is 20.8 Å². The van der Waals surface area contributed by atoms with Crippen LogP contribution < -0.4 is 0 Å². The lowest BCUT2D eigenvalue weighted by Gasteiger charge is -2.25. The van der Waals surface area contributed by atoms with Crippen molar-refractivity contribution in [2.75, 3.05) is 11.5 Å². The van der Waals surface area contributed by atoms with Gasteiger partial charge in [-0.25, -0.2) is 0 Å². The van der Waals surface area contributed by atoms with Crippen LogP contribution in [0.2, 0.25) is 0 Å². The van der Waals surface area contributed by atoms with E-state index in [2.05, 4.69) is 51.2 Å². The fourth-order valence-electron chi connectivity index (χ4n) is 0.856. The molecule has 0 amide bonds. The smallest absolute Gasteiger partial charge is 0.0580 e. The molecule has 0 atom stereocenters. The van der Waals surface area contributed by atoms with Gasteiger partial charge in [0, 0.05) is 0 Å². The lowest BCUT2D eigenvalue weighted by atomic mass is 10.4. The molecule has 2 heteroatoms. The van der Waals surface area contributed by atoms with Gasteiger partial charge in [-0.05, 0) is 24.9 Å². The van der Waals surface area contributed by atoms with E-state index in [1.807, 2.05) is 0 Å². The van der Waals surface area contributed by atoms with Crippen LogP contribution in [0.5, 0.6) is 0 Å². The van der Waals surface area contributed by atoms with Gasteiger partial charge in [0.15, 0.2) is 0 Å². The van der Waals surface area contributed by atoms with Crippen LogP contribution in [0.25, 0.3) is 0 Å². The molecule has 0 saturated carbocycles. The van der Waals surface area contributed by atoms with E-state index >= 15 is 0 Å². The molecule has 0 N–H and O–H groups in total. The summed E-state index contributed by atoms with van der Waals surface area (Å²) in [5.74, 6) is 2.47. The van der Waals surface area contributed by atoms with Gasteiger partial charge in [0.05, 0.1) is 4.08 Å². The molecule has 0 rings (SSSR count). The van der Waals surface area contributed by atoms with E-state index in [9.17, 15) is 0 Å². The fraction of sp³-hybridized carbons (Fsp3) is 1.00. The van der Waals surface area contributed by atoms with Crippen LogP contribution >= 0.6 is 23.5 Å². The first-order valence-corrected chi connectivity index (χ1v) is 5.93. The van der Waals surface area contributed by atoms with E-state index in [-0.39, 0.29) is 0 Å². The van der Waals surface area contributed by atoms with Crippen molar-refractivity contribution >= 4 is 23.5 Å². The first-order chi connectivity index (χ1) is 4.68. The van der Waals surface area contributed by atoms with Crippen molar-refractivity contribution in [3.8, 4) is 0 Å². The molecule has 0 aromatic rings. The van der Waals surface area contributed by atoms with Crippen molar-refractivity contribution in [2.45, 2.75) is 38.2 Å². The molecular formula is C8H18S2. The van der Waals surface area contributed by atoms with Crippen molar-refractivity contribution in [1.29, 1.82) is 0 Å². The molecule has 0 nitrogen and oxygen atoms in total. The largest absolute Gasteiger partial charge is 0.145 e. The Balaban J connectivity index is 3.69. The predicted octanol–water partition coefficient (Wildman–Crippen LogP) is 3.62. The second-order valence-electron chi connectivity index (χ2n) is 2.35. The van der Waals surface area contributed by atoms with Crippen molar-refractivity contribution < 1.29 is 0 Å². The van der Waals surface area contributed by atoms with Crippen LogP contribution in [-0.4, -0.2) is 15.6 Å². The highest BCUT2D eigenvalue weighted by Crippen LogP contribution is 2.39. The Morgan fingerprint density at radius 3 is 1.60 bits per heavy atom. The lowest BCUT2D eigenvalue weighted by Crippen LogP contribution is -2.13. The highest BCUT2D eigenvalue weighted by atomic mass is 32.2. The third kappa shape index (κ3) is 3.77. The lowest BCUT2D eigenvalue weighted by molar-refractivity contribution is 0.846. The number of rotatable bonds is 5. The monoisotopic (exact) mass is 178 g/mol. The molecule has 0 unspecified atom stereocenters. The van der Waals surface area contributed by atoms with E-state index in [4.69, 9.17) is 0 Å². The van der Waals surface area contributed by atoms with E-state index in [0.29, 0.717) is 4.08 Å². The van der Waals surface area contributed by atoms with E-state index in [1.165, 1.54) is 17.9 Å². The van der Waals surface area contributed by atoms with Crippen LogP contribution in [0.1, 0.15) is 34.1 Å². The summed E-state index contributed by atoms with van der Waals surface area (Å²) in [6.45, 7) is 9.07. The Morgan fingerprint density at radius 2 is 1.40 bits per heavy atom. The first kappa shape index (κ1) is 10.7. The van der Waals surface area contributed by atoms with Crippen molar-refractivity contribution in [2.24, 2.45) is 0 Å². The molecule has 0 aliphatic rings. The summed E-state index contributed by atoms with van der Waals surface area (Å²) >= 11 is 4.13. The summed E-state index contributed by atoms with van der Waals surface area (Å²) in [4.78, 5) is 0. The molecule has 0 bridgehead atoms. The molecule has 0 saturated heterocycles. The molecule has 0 aromatic carbocycles. The highest BCUT2D eigenvalue weighted by Gasteiger charge is 2.20. The third-order valence-electron chi connectivity index (χ3n) is 1.54. The van der Waals surface area contributed by atoms with Crippen molar-refractivity contribution in [3.63, 3.8) is 0 Å². The van der Waals surface area contributed by atoms with Gasteiger partial charge >= 0.3 is 0 Å². The SMILES string of the molecule is CCSC(C)(CC)SCC. The Bertz CT molecular complexity index is 75.3. The second kappa shape index (κ2) is 5.36. The maximum absolute atomic E-state index is 2.34. The molecule has 0 aliphatic heterocycles. The van der Waals surface area contributed by atoms with E-state index in [1.54, 1.807) is 0 Å². The van der Waals surface area contributed by atoms with Gasteiger partial charge in [-0.15, -0.1) is 23.5 Å². The minimum absolute atomic E-state index is 0.476. The van der Waals surface area contributed by atoms with Crippen LogP contribution in [0, 0.1) is 0 Å². The fourth-order valence-corrected chi connectivity index (χ4v) is 3.53. The average Bonchev–Trinajstić information content (AvgIpc) is 1.89. The standard InChI is InChI=1S/C8H18S2/c1-5-8(4,9-6-2)10-7-3/h5-7H2,1-4H3. The van der Waals surface area contributed by atoms with Crippen molar-refractivity contribution in [3.05, 3.63) is 0 Å². The third-order valence-corrected chi connectivity index (χ3v) is 4.62. The zero-order chi connectivity index (χ0) is 8.04. The van der Waals surface area contributed by atoms with Crippen LogP contribution in [0.3, 0.4) is 0 Å². The maximum atomic E-state index is 2.34. The molecule has 10 heavy (non-hydrogen) atoms. The summed E-state index contributed by atoms with van der Waals surface area (Å²) in [6, 6.07) is 0. The van der Waals surface area contributed by atoms with Crippen molar-refractivity contribution in [1.82, 2.24) is 0 Å². The number of thioether (sulfide) groups is 2. The zero-order valence-corrected chi connectivity index (χ0v) is 9.07. The molecule has 0 spiro atoms. The van der Waals surface area contributed by atoms with E-state index in [0.717, 1.165) is 0 Å². The Labute approximate surface area is 73.5 Å². The van der Waals surface area contributed by atoms with Crippen LogP contribution in [0.15, 0.2) is 0 Å². The van der Waals surface area contributed by atoms with Gasteiger partial charge < -0.3 is 0 Å². The van der Waals surface area contributed by atoms with Crippen LogP contribution in [-0.2, 0) is 0 Å². The number of hydrogen-bond donors (Lipinski definition) is 0. The average molecular weight is 178 g/mol. The van der Waals surface area contributed by atoms with E-state index < -0.39 is 0 Å². The Morgan fingerprint density at radius 1 is 1.00 bits per heavy atom. The summed E-state index contributed by atoms with van der Waals surface area (Å²) in [7, 11) is 0. The van der Waals surface area contributed by atoms with Gasteiger partial charge in [0.1, 0.15) is 0 Å². The zero-order valence-electron chi connectivity index (χ0n) is 7.44. The quantitative estimate of drug-likeness (QED) is 0.590. The molecule has 0 radical (unpaired) electrons. The normalized spacial score (nSPS) is 12.0. The summed E-state index contributed by atoms with van der Waals surface area (Å²) < 4.78 is 0.476. The number of hydrogen-bond acceptors (Lipinski definition) is 2. The maximum Gasteiger partial charge on any atom is 0.0580 e. The topological polar surface area (TPSA) is 0 Å². The summed E-state index contributed by atoms with van der Waals surface area (Å²) in [5.41, 5.74) is 0. The predicted molar refractivity (Wildman–Crippen MR) is 55.0 cm³/mol. The van der Waals surface area contributed by atoms with Gasteiger partial charge in [-0.3, -0.25) is 0 Å². The molecule has 0 aromatic heterocycles. The molecule has 0 heterocycles. The summed E-state index contributed by atoms with van der Waals surface area (Å²) in [5, 5.41) is 0. The minimum atomic E-state index is 0.476. The van der Waals surface area contributed by atoms with Gasteiger partial charge in [-0.2, -0.15) is 0 Å². The van der Waals surface area contributed by atoms with Crippen LogP contribution in [0.4, 0.5) is 0 Å². The molecule has 62 valence electrons. The van der Waals surface area contributed by atoms with Gasteiger partial charge in [0.25, 0.3) is 0 Å². The van der Waals surface area contributed by atoms with Gasteiger partial charge in [0.2, 0.25) is 0 Å². The second-order valence-corrected chi connectivity index (χ2v) is 6.15. The minimum Gasteiger partial charge on any atom is -0.145 e. The highest BCUT2D eigenvalue weighted by molar-refractivity contribution is 8.18. The molecular weight excluding hydrogens is 160 g/mol. The molecule has 0 fully saturated rings.